The molecular weight excluding hydrogens is 358 g/mol. The lowest BCUT2D eigenvalue weighted by atomic mass is 10.0. The zero-order valence-corrected chi connectivity index (χ0v) is 15.9. The van der Waals surface area contributed by atoms with Crippen LogP contribution in [0, 0.1) is 11.8 Å². The summed E-state index contributed by atoms with van der Waals surface area (Å²) in [6.07, 6.45) is 2.86. The molecule has 4 rings (SSSR count). The molecule has 3 aliphatic rings. The molecule has 2 amide bonds. The van der Waals surface area contributed by atoms with Crippen LogP contribution in [0.2, 0.25) is 0 Å². The molecule has 3 atom stereocenters. The van der Waals surface area contributed by atoms with Gasteiger partial charge in [-0.3, -0.25) is 4.79 Å². The molecule has 150 valence electrons. The molecular formula is C21H27N3O4. The van der Waals surface area contributed by atoms with E-state index in [2.05, 4.69) is 28.5 Å². The summed E-state index contributed by atoms with van der Waals surface area (Å²) >= 11 is 0. The highest BCUT2D eigenvalue weighted by Gasteiger charge is 2.35. The molecule has 2 N–H and O–H groups in total. The summed E-state index contributed by atoms with van der Waals surface area (Å²) in [6, 6.07) is 10.0. The Kier molecular flexibility index (Phi) is 5.52. The quantitative estimate of drug-likeness (QED) is 0.784. The average Bonchev–Trinajstić information content (AvgIpc) is 3.41. The number of likely N-dealkylation sites (tertiary alicyclic amines) is 1. The monoisotopic (exact) mass is 385 g/mol. The van der Waals surface area contributed by atoms with Crippen molar-refractivity contribution in [3.05, 3.63) is 47.7 Å². The van der Waals surface area contributed by atoms with E-state index in [0.29, 0.717) is 32.2 Å². The van der Waals surface area contributed by atoms with Crippen LogP contribution in [0.25, 0.3) is 0 Å². The highest BCUT2D eigenvalue weighted by molar-refractivity contribution is 5.79. The number of carbonyl (C=O) groups is 2. The Balaban J connectivity index is 1.37. The Morgan fingerprint density at radius 2 is 2.07 bits per heavy atom. The third-order valence-electron chi connectivity index (χ3n) is 5.94. The van der Waals surface area contributed by atoms with E-state index >= 15 is 0 Å². The number of carbonyl (C=O) groups excluding carboxylic acids is 1. The smallest absolute Gasteiger partial charge is 0.407 e. The summed E-state index contributed by atoms with van der Waals surface area (Å²) in [4.78, 5) is 27.5. The van der Waals surface area contributed by atoms with Gasteiger partial charge in [0.05, 0.1) is 18.6 Å². The number of benzene rings is 1. The molecule has 2 fully saturated rings. The second kappa shape index (κ2) is 8.22. The molecule has 0 aliphatic carbocycles. The van der Waals surface area contributed by atoms with Gasteiger partial charge in [0, 0.05) is 44.9 Å². The fourth-order valence-corrected chi connectivity index (χ4v) is 4.32. The van der Waals surface area contributed by atoms with Crippen LogP contribution < -0.4 is 5.32 Å². The Labute approximate surface area is 164 Å². The maximum absolute atomic E-state index is 12.6. The van der Waals surface area contributed by atoms with Gasteiger partial charge >= 0.3 is 6.09 Å². The van der Waals surface area contributed by atoms with Crippen LogP contribution in [0.5, 0.6) is 0 Å². The summed E-state index contributed by atoms with van der Waals surface area (Å²) in [5, 5.41) is 12.4. The summed E-state index contributed by atoms with van der Waals surface area (Å²) in [6.45, 7) is 3.94. The summed E-state index contributed by atoms with van der Waals surface area (Å²) in [7, 11) is 0. The van der Waals surface area contributed by atoms with Crippen LogP contribution in [-0.4, -0.2) is 66.3 Å². The third-order valence-corrected chi connectivity index (χ3v) is 5.94. The minimum absolute atomic E-state index is 0.0383. The second-order valence-electron chi connectivity index (χ2n) is 7.88. The van der Waals surface area contributed by atoms with Crippen LogP contribution in [0.4, 0.5) is 4.79 Å². The molecule has 7 nitrogen and oxygen atoms in total. The van der Waals surface area contributed by atoms with Gasteiger partial charge in [0.2, 0.25) is 5.91 Å². The number of ether oxygens (including phenoxy) is 1. The normalized spacial score (nSPS) is 24.8. The largest absolute Gasteiger partial charge is 0.465 e. The molecule has 7 heteroatoms. The first kappa shape index (κ1) is 18.8. The topological polar surface area (TPSA) is 82.1 Å². The van der Waals surface area contributed by atoms with Crippen LogP contribution >= 0.6 is 0 Å². The number of carboxylic acid groups (broad SMARTS) is 1. The molecule has 0 aromatic heterocycles. The van der Waals surface area contributed by atoms with E-state index in [4.69, 9.17) is 9.84 Å². The van der Waals surface area contributed by atoms with Gasteiger partial charge in [-0.15, -0.1) is 0 Å². The summed E-state index contributed by atoms with van der Waals surface area (Å²) in [5.74, 6) is 0.318. The molecule has 3 heterocycles. The lowest BCUT2D eigenvalue weighted by Crippen LogP contribution is -2.36. The van der Waals surface area contributed by atoms with Crippen molar-refractivity contribution >= 4 is 12.0 Å². The maximum Gasteiger partial charge on any atom is 0.407 e. The summed E-state index contributed by atoms with van der Waals surface area (Å²) in [5.41, 5.74) is 2.31. The van der Waals surface area contributed by atoms with Gasteiger partial charge in [-0.05, 0) is 24.0 Å². The maximum atomic E-state index is 12.6. The zero-order valence-electron chi connectivity index (χ0n) is 15.9. The van der Waals surface area contributed by atoms with Gasteiger partial charge in [-0.1, -0.05) is 30.3 Å². The van der Waals surface area contributed by atoms with Gasteiger partial charge in [-0.2, -0.15) is 0 Å². The first-order valence-corrected chi connectivity index (χ1v) is 9.95. The van der Waals surface area contributed by atoms with Gasteiger partial charge in [0.25, 0.3) is 0 Å². The fraction of sp³-hybridized carbons (Fsp3) is 0.524. The average molecular weight is 385 g/mol. The summed E-state index contributed by atoms with van der Waals surface area (Å²) < 4.78 is 5.35. The number of amides is 2. The minimum Gasteiger partial charge on any atom is -0.465 e. The highest BCUT2D eigenvalue weighted by Crippen LogP contribution is 2.30. The van der Waals surface area contributed by atoms with Gasteiger partial charge in [0.1, 0.15) is 0 Å². The number of nitrogens with one attached hydrogen (secondary N) is 1. The predicted octanol–water partition coefficient (Wildman–Crippen LogP) is 2.08. The van der Waals surface area contributed by atoms with Crippen molar-refractivity contribution in [2.24, 2.45) is 11.8 Å². The Hall–Kier alpha value is -2.54. The molecule has 1 aromatic rings. The Morgan fingerprint density at radius 3 is 2.75 bits per heavy atom. The minimum atomic E-state index is -0.843. The molecule has 0 bridgehead atoms. The first-order valence-electron chi connectivity index (χ1n) is 9.95. The van der Waals surface area contributed by atoms with E-state index in [0.717, 1.165) is 31.5 Å². The number of rotatable bonds is 6. The number of nitrogens with zero attached hydrogens (tertiary/aromatic N) is 2. The van der Waals surface area contributed by atoms with Crippen molar-refractivity contribution in [3.63, 3.8) is 0 Å². The highest BCUT2D eigenvalue weighted by atomic mass is 16.5. The van der Waals surface area contributed by atoms with E-state index in [9.17, 15) is 9.59 Å². The van der Waals surface area contributed by atoms with E-state index in [1.165, 1.54) is 10.5 Å². The number of hydrogen-bond acceptors (Lipinski definition) is 4. The fourth-order valence-electron chi connectivity index (χ4n) is 4.32. The molecule has 3 unspecified atom stereocenters. The Morgan fingerprint density at radius 1 is 1.25 bits per heavy atom. The van der Waals surface area contributed by atoms with Crippen LogP contribution in [0.3, 0.4) is 0 Å². The Bertz CT molecular complexity index is 745. The molecule has 0 saturated carbocycles. The van der Waals surface area contributed by atoms with Crippen molar-refractivity contribution in [1.29, 1.82) is 0 Å². The number of fused-ring (bicyclic) bond motifs is 1. The van der Waals surface area contributed by atoms with E-state index in [1.54, 1.807) is 0 Å². The van der Waals surface area contributed by atoms with Crippen molar-refractivity contribution in [2.45, 2.75) is 18.9 Å². The lowest BCUT2D eigenvalue weighted by Gasteiger charge is -2.25. The molecule has 2 saturated heterocycles. The van der Waals surface area contributed by atoms with Crippen LogP contribution in [-0.2, 0) is 9.53 Å². The third kappa shape index (κ3) is 4.14. The van der Waals surface area contributed by atoms with E-state index in [-0.39, 0.29) is 17.9 Å². The van der Waals surface area contributed by atoms with Crippen LogP contribution in [0.1, 0.15) is 24.4 Å². The standard InChI is InChI=1S/C21H27N3O4/c25-20(16-7-9-28-14-16)22-19(15-4-2-1-3-5-15)6-8-23-10-17-12-24(21(26)27)13-18(17)11-23/h1-5,10,16,18-19H,6-9,11-14H2,(H,22,25)(H,26,27). The van der Waals surface area contributed by atoms with E-state index < -0.39 is 6.09 Å². The van der Waals surface area contributed by atoms with Crippen molar-refractivity contribution in [1.82, 2.24) is 15.1 Å². The van der Waals surface area contributed by atoms with Crippen molar-refractivity contribution in [2.75, 3.05) is 39.4 Å². The van der Waals surface area contributed by atoms with Gasteiger partial charge < -0.3 is 25.0 Å². The molecule has 0 spiro atoms. The van der Waals surface area contributed by atoms with Gasteiger partial charge in [-0.25, -0.2) is 4.79 Å². The first-order chi connectivity index (χ1) is 13.6. The van der Waals surface area contributed by atoms with Crippen molar-refractivity contribution in [3.8, 4) is 0 Å². The number of hydrogen-bond donors (Lipinski definition) is 2. The SMILES string of the molecule is O=C(NC(CCN1C=C2CN(C(=O)O)CC2C1)c1ccccc1)C1CCOC1. The lowest BCUT2D eigenvalue weighted by molar-refractivity contribution is -0.125. The molecule has 28 heavy (non-hydrogen) atoms. The molecule has 0 radical (unpaired) electrons. The predicted molar refractivity (Wildman–Crippen MR) is 104 cm³/mol. The molecule has 1 aromatic carbocycles. The van der Waals surface area contributed by atoms with Crippen LogP contribution in [0.15, 0.2) is 42.1 Å². The molecule has 3 aliphatic heterocycles. The van der Waals surface area contributed by atoms with Gasteiger partial charge in [0.15, 0.2) is 0 Å². The van der Waals surface area contributed by atoms with Crippen molar-refractivity contribution < 1.29 is 19.4 Å². The zero-order chi connectivity index (χ0) is 19.5. The second-order valence-corrected chi connectivity index (χ2v) is 7.88. The van der Waals surface area contributed by atoms with E-state index in [1.807, 2.05) is 18.2 Å².